The summed E-state index contributed by atoms with van der Waals surface area (Å²) < 4.78 is 1.84. The maximum Gasteiger partial charge on any atom is 0.0638 e. The summed E-state index contributed by atoms with van der Waals surface area (Å²) in [5.41, 5.74) is 2.34. The summed E-state index contributed by atoms with van der Waals surface area (Å²) in [6.07, 6.45) is 4.05. The first kappa shape index (κ1) is 13.2. The summed E-state index contributed by atoms with van der Waals surface area (Å²) >= 11 is 0. The summed E-state index contributed by atoms with van der Waals surface area (Å²) in [6, 6.07) is 0. The van der Waals surface area contributed by atoms with E-state index in [9.17, 15) is 0 Å². The van der Waals surface area contributed by atoms with Crippen LogP contribution >= 0.6 is 0 Å². The minimum absolute atomic E-state index is 0.284. The van der Waals surface area contributed by atoms with Crippen molar-refractivity contribution in [2.45, 2.75) is 33.2 Å². The number of aliphatic hydroxyl groups excluding tert-OH is 1. The topological polar surface area (TPSA) is 50.1 Å². The van der Waals surface area contributed by atoms with Crippen LogP contribution in [0.1, 0.15) is 31.0 Å². The van der Waals surface area contributed by atoms with Gasteiger partial charge in [0.1, 0.15) is 0 Å². The fourth-order valence-electron chi connectivity index (χ4n) is 1.87. The maximum absolute atomic E-state index is 8.89. The predicted octanol–water partition coefficient (Wildman–Crippen LogP) is 1.23. The lowest BCUT2D eigenvalue weighted by Crippen LogP contribution is -2.23. The van der Waals surface area contributed by atoms with Crippen LogP contribution in [0.25, 0.3) is 0 Å². The van der Waals surface area contributed by atoms with Gasteiger partial charge < -0.3 is 10.4 Å². The van der Waals surface area contributed by atoms with Crippen molar-refractivity contribution in [2.24, 2.45) is 13.0 Å². The summed E-state index contributed by atoms with van der Waals surface area (Å²) in [4.78, 5) is 0. The predicted molar refractivity (Wildman–Crippen MR) is 65.1 cm³/mol. The van der Waals surface area contributed by atoms with Crippen molar-refractivity contribution in [2.75, 3.05) is 13.2 Å². The second-order valence-corrected chi connectivity index (χ2v) is 4.33. The zero-order valence-electron chi connectivity index (χ0n) is 10.5. The molecule has 1 unspecified atom stereocenters. The average Bonchev–Trinajstić information content (AvgIpc) is 2.56. The molecule has 1 aromatic heterocycles. The van der Waals surface area contributed by atoms with E-state index in [0.717, 1.165) is 31.6 Å². The van der Waals surface area contributed by atoms with Crippen LogP contribution < -0.4 is 5.32 Å². The lowest BCUT2D eigenvalue weighted by atomic mass is 10.0. The number of hydrogen-bond donors (Lipinski definition) is 2. The number of aromatic nitrogens is 2. The van der Waals surface area contributed by atoms with E-state index in [1.165, 1.54) is 5.56 Å². The highest BCUT2D eigenvalue weighted by Crippen LogP contribution is 2.07. The third-order valence-corrected chi connectivity index (χ3v) is 2.98. The fraction of sp³-hybridized carbons (Fsp3) is 0.750. The second-order valence-electron chi connectivity index (χ2n) is 4.33. The van der Waals surface area contributed by atoms with Gasteiger partial charge in [-0.05, 0) is 25.8 Å². The zero-order valence-corrected chi connectivity index (χ0v) is 10.5. The molecule has 92 valence electrons. The Morgan fingerprint density at radius 1 is 1.56 bits per heavy atom. The number of rotatable bonds is 7. The molecule has 0 amide bonds. The lowest BCUT2D eigenvalue weighted by Gasteiger charge is -2.13. The molecule has 0 saturated heterocycles. The van der Waals surface area contributed by atoms with Gasteiger partial charge in [-0.3, -0.25) is 4.68 Å². The molecule has 0 saturated carbocycles. The molecular formula is C12H23N3O. The van der Waals surface area contributed by atoms with Crippen LogP contribution in [0.15, 0.2) is 6.20 Å². The molecule has 0 aliphatic carbocycles. The van der Waals surface area contributed by atoms with Crippen LogP contribution in [0.5, 0.6) is 0 Å². The van der Waals surface area contributed by atoms with Crippen molar-refractivity contribution in [1.82, 2.24) is 15.1 Å². The van der Waals surface area contributed by atoms with Gasteiger partial charge in [-0.25, -0.2) is 0 Å². The Kier molecular flexibility index (Phi) is 5.49. The van der Waals surface area contributed by atoms with Crippen molar-refractivity contribution in [3.8, 4) is 0 Å². The Morgan fingerprint density at radius 3 is 2.81 bits per heavy atom. The highest BCUT2D eigenvalue weighted by atomic mass is 16.3. The van der Waals surface area contributed by atoms with E-state index in [1.54, 1.807) is 0 Å². The van der Waals surface area contributed by atoms with E-state index in [-0.39, 0.29) is 6.61 Å². The average molecular weight is 225 g/mol. The summed E-state index contributed by atoms with van der Waals surface area (Å²) in [7, 11) is 1.94. The van der Waals surface area contributed by atoms with Gasteiger partial charge in [0.25, 0.3) is 0 Å². The first-order valence-corrected chi connectivity index (χ1v) is 5.98. The van der Waals surface area contributed by atoms with Crippen LogP contribution in [-0.4, -0.2) is 28.0 Å². The molecule has 0 bridgehead atoms. The van der Waals surface area contributed by atoms with Crippen LogP contribution in [0.2, 0.25) is 0 Å². The number of nitrogens with zero attached hydrogens (tertiary/aromatic N) is 2. The molecule has 1 atom stereocenters. The third-order valence-electron chi connectivity index (χ3n) is 2.98. The number of hydrogen-bond acceptors (Lipinski definition) is 3. The smallest absolute Gasteiger partial charge is 0.0638 e. The van der Waals surface area contributed by atoms with Crippen molar-refractivity contribution in [3.63, 3.8) is 0 Å². The molecule has 0 radical (unpaired) electrons. The van der Waals surface area contributed by atoms with Gasteiger partial charge in [0.2, 0.25) is 0 Å². The van der Waals surface area contributed by atoms with Gasteiger partial charge in [0.05, 0.1) is 5.69 Å². The van der Waals surface area contributed by atoms with E-state index in [0.29, 0.717) is 5.92 Å². The fourth-order valence-corrected chi connectivity index (χ4v) is 1.87. The van der Waals surface area contributed by atoms with Crippen molar-refractivity contribution >= 4 is 0 Å². The van der Waals surface area contributed by atoms with Gasteiger partial charge in [-0.2, -0.15) is 5.10 Å². The molecule has 0 aliphatic heterocycles. The first-order chi connectivity index (χ1) is 7.67. The Hall–Kier alpha value is -0.870. The molecule has 0 aromatic carbocycles. The monoisotopic (exact) mass is 225 g/mol. The molecule has 0 fully saturated rings. The van der Waals surface area contributed by atoms with Crippen LogP contribution in [0.3, 0.4) is 0 Å². The molecule has 4 nitrogen and oxygen atoms in total. The minimum atomic E-state index is 0.284. The maximum atomic E-state index is 8.89. The van der Waals surface area contributed by atoms with Gasteiger partial charge in [-0.15, -0.1) is 0 Å². The number of aryl methyl sites for hydroxylation is 2. The number of nitrogens with one attached hydrogen (secondary N) is 1. The molecule has 1 rings (SSSR count). The van der Waals surface area contributed by atoms with Crippen molar-refractivity contribution < 1.29 is 5.11 Å². The largest absolute Gasteiger partial charge is 0.396 e. The lowest BCUT2D eigenvalue weighted by molar-refractivity contribution is 0.251. The van der Waals surface area contributed by atoms with E-state index in [2.05, 4.69) is 23.5 Å². The molecule has 16 heavy (non-hydrogen) atoms. The molecular weight excluding hydrogens is 202 g/mol. The molecule has 4 heteroatoms. The quantitative estimate of drug-likeness (QED) is 0.734. The molecule has 0 aliphatic rings. The van der Waals surface area contributed by atoms with Crippen LogP contribution in [0, 0.1) is 12.8 Å². The second kappa shape index (κ2) is 6.66. The normalized spacial score (nSPS) is 13.0. The summed E-state index contributed by atoms with van der Waals surface area (Å²) in [5.74, 6) is 0.571. The Morgan fingerprint density at radius 2 is 2.31 bits per heavy atom. The van der Waals surface area contributed by atoms with Gasteiger partial charge >= 0.3 is 0 Å². The van der Waals surface area contributed by atoms with E-state index >= 15 is 0 Å². The molecule has 1 heterocycles. The SMILES string of the molecule is CCC(CCO)CNCc1cn(C)nc1C. The van der Waals surface area contributed by atoms with Crippen LogP contribution in [-0.2, 0) is 13.6 Å². The minimum Gasteiger partial charge on any atom is -0.396 e. The number of aliphatic hydroxyl groups is 1. The molecule has 0 spiro atoms. The van der Waals surface area contributed by atoms with Gasteiger partial charge in [-0.1, -0.05) is 13.3 Å². The highest BCUT2D eigenvalue weighted by Gasteiger charge is 2.06. The Bertz CT molecular complexity index is 309. The van der Waals surface area contributed by atoms with E-state index in [1.807, 2.05) is 18.7 Å². The van der Waals surface area contributed by atoms with Crippen molar-refractivity contribution in [3.05, 3.63) is 17.5 Å². The van der Waals surface area contributed by atoms with Crippen molar-refractivity contribution in [1.29, 1.82) is 0 Å². The molecule has 1 aromatic rings. The van der Waals surface area contributed by atoms with Gasteiger partial charge in [0.15, 0.2) is 0 Å². The highest BCUT2D eigenvalue weighted by molar-refractivity contribution is 5.14. The van der Waals surface area contributed by atoms with E-state index in [4.69, 9.17) is 5.11 Å². The van der Waals surface area contributed by atoms with E-state index < -0.39 is 0 Å². The van der Waals surface area contributed by atoms with Crippen LogP contribution in [0.4, 0.5) is 0 Å². The standard InChI is InChI=1S/C12H23N3O/c1-4-11(5-6-16)7-13-8-12-9-15(3)14-10(12)2/h9,11,13,16H,4-8H2,1-3H3. The first-order valence-electron chi connectivity index (χ1n) is 5.98. The van der Waals surface area contributed by atoms with Gasteiger partial charge in [0, 0.05) is 32.0 Å². The summed E-state index contributed by atoms with van der Waals surface area (Å²) in [6.45, 7) is 6.30. The molecule has 2 N–H and O–H groups in total. The zero-order chi connectivity index (χ0) is 12.0. The summed E-state index contributed by atoms with van der Waals surface area (Å²) in [5, 5.41) is 16.6. The Balaban J connectivity index is 2.32. The third kappa shape index (κ3) is 3.94. The Labute approximate surface area is 97.7 Å².